The molecule has 1 aliphatic carbocycles. The predicted octanol–water partition coefficient (Wildman–Crippen LogP) is 6.24. The fourth-order valence-electron chi connectivity index (χ4n) is 7.21. The number of amides is 1. The van der Waals surface area contributed by atoms with Crippen molar-refractivity contribution < 1.29 is 22.4 Å². The van der Waals surface area contributed by atoms with Gasteiger partial charge in [0, 0.05) is 41.9 Å². The van der Waals surface area contributed by atoms with Crippen molar-refractivity contribution in [1.82, 2.24) is 8.87 Å². The number of carbonyl (C=O) groups excluding carboxylic acids is 2. The Morgan fingerprint density at radius 3 is 2.48 bits per heavy atom. The SMILES string of the molecule is CC1(C)C[C@H]2C[C@](C)(CN2S(=O)(=O)c2cccc(NC(=O)C(=O)c3cn(Cc4ccc(F)cc4)c4ccccc34)c2)C1. The quantitative estimate of drug-likeness (QED) is 0.205. The number of carbonyl (C=O) groups is 2. The van der Waals surface area contributed by atoms with Gasteiger partial charge in [-0.15, -0.1) is 0 Å². The second kappa shape index (κ2) is 10.2. The lowest BCUT2D eigenvalue weighted by atomic mass is 9.65. The maximum atomic E-state index is 13.8. The van der Waals surface area contributed by atoms with E-state index in [0.29, 0.717) is 18.5 Å². The zero-order valence-electron chi connectivity index (χ0n) is 23.9. The number of nitrogens with one attached hydrogen (secondary N) is 1. The average Bonchev–Trinajstić information content (AvgIpc) is 3.43. The summed E-state index contributed by atoms with van der Waals surface area (Å²) in [5.41, 5.74) is 2.08. The first kappa shape index (κ1) is 28.3. The van der Waals surface area contributed by atoms with Gasteiger partial charge >= 0.3 is 0 Å². The van der Waals surface area contributed by atoms with Gasteiger partial charge in [-0.1, -0.05) is 57.2 Å². The van der Waals surface area contributed by atoms with Crippen molar-refractivity contribution >= 4 is 38.3 Å². The van der Waals surface area contributed by atoms with Crippen LogP contribution in [0.2, 0.25) is 0 Å². The van der Waals surface area contributed by atoms with E-state index in [9.17, 15) is 22.4 Å². The number of fused-ring (bicyclic) bond motifs is 3. The van der Waals surface area contributed by atoms with Gasteiger partial charge in [-0.3, -0.25) is 9.59 Å². The van der Waals surface area contributed by atoms with Crippen LogP contribution < -0.4 is 5.32 Å². The number of sulfonamides is 1. The molecular formula is C33H34FN3O4S. The number of Topliss-reactive ketones (excluding diaryl/α,β-unsaturated/α-hetero) is 1. The molecule has 2 fully saturated rings. The van der Waals surface area contributed by atoms with Crippen LogP contribution in [0, 0.1) is 16.6 Å². The lowest BCUT2D eigenvalue weighted by Crippen LogP contribution is -2.37. The molecule has 0 radical (unpaired) electrons. The van der Waals surface area contributed by atoms with Crippen LogP contribution in [0.5, 0.6) is 0 Å². The van der Waals surface area contributed by atoms with E-state index in [2.05, 4.69) is 26.1 Å². The zero-order valence-corrected chi connectivity index (χ0v) is 24.7. The van der Waals surface area contributed by atoms with Gasteiger partial charge in [-0.2, -0.15) is 4.31 Å². The maximum Gasteiger partial charge on any atom is 0.296 e. The number of halogens is 1. The van der Waals surface area contributed by atoms with E-state index in [1.165, 1.54) is 24.3 Å². The lowest BCUT2D eigenvalue weighted by molar-refractivity contribution is -0.112. The van der Waals surface area contributed by atoms with E-state index in [0.717, 1.165) is 30.3 Å². The molecule has 1 aliphatic heterocycles. The molecule has 42 heavy (non-hydrogen) atoms. The molecule has 4 aromatic rings. The van der Waals surface area contributed by atoms with E-state index in [4.69, 9.17) is 0 Å². The molecule has 1 saturated heterocycles. The standard InChI is InChI=1S/C33H34FN3O4S/c1-32(2)16-25-17-33(3,20-32)21-37(25)42(40,41)26-8-6-7-24(15-26)35-31(39)30(38)28-19-36(29-10-5-4-9-27(28)29)18-22-11-13-23(34)14-12-22/h4-15,19,25H,16-18,20-21H2,1-3H3,(H,35,39)/t25-,33-/m0/s1. The molecule has 0 unspecified atom stereocenters. The third kappa shape index (κ3) is 5.27. The van der Waals surface area contributed by atoms with Crippen LogP contribution in [0.4, 0.5) is 10.1 Å². The smallest absolute Gasteiger partial charge is 0.296 e. The van der Waals surface area contributed by atoms with E-state index in [1.807, 2.05) is 16.7 Å². The van der Waals surface area contributed by atoms with Gasteiger partial charge in [0.05, 0.1) is 10.5 Å². The largest absolute Gasteiger partial charge is 0.342 e. The first-order valence-electron chi connectivity index (χ1n) is 14.1. The highest BCUT2D eigenvalue weighted by Crippen LogP contribution is 2.53. The zero-order chi connectivity index (χ0) is 29.9. The number of aromatic nitrogens is 1. The molecule has 2 atom stereocenters. The van der Waals surface area contributed by atoms with Gasteiger partial charge in [0.1, 0.15) is 5.82 Å². The molecule has 1 saturated carbocycles. The Morgan fingerprint density at radius 2 is 1.71 bits per heavy atom. The van der Waals surface area contributed by atoms with Gasteiger partial charge in [-0.05, 0) is 72.1 Å². The first-order chi connectivity index (χ1) is 19.8. The summed E-state index contributed by atoms with van der Waals surface area (Å²) in [4.78, 5) is 26.6. The Bertz CT molecular complexity index is 1810. The molecule has 2 bridgehead atoms. The van der Waals surface area contributed by atoms with E-state index in [-0.39, 0.29) is 38.8 Å². The van der Waals surface area contributed by atoms with Crippen LogP contribution in [0.3, 0.4) is 0 Å². The third-order valence-corrected chi connectivity index (χ3v) is 10.5. The molecular weight excluding hydrogens is 553 g/mol. The van der Waals surface area contributed by atoms with Crippen LogP contribution in [0.15, 0.2) is 83.9 Å². The highest BCUT2D eigenvalue weighted by atomic mass is 32.2. The summed E-state index contributed by atoms with van der Waals surface area (Å²) in [5.74, 6) is -1.93. The number of hydrogen-bond acceptors (Lipinski definition) is 4. The maximum absolute atomic E-state index is 13.8. The summed E-state index contributed by atoms with van der Waals surface area (Å²) in [6.07, 6.45) is 4.25. The molecule has 2 aliphatic rings. The minimum Gasteiger partial charge on any atom is -0.342 e. The number of para-hydroxylation sites is 1. The van der Waals surface area contributed by atoms with Crippen molar-refractivity contribution in [3.8, 4) is 0 Å². The molecule has 218 valence electrons. The Hall–Kier alpha value is -3.82. The lowest BCUT2D eigenvalue weighted by Gasteiger charge is -2.39. The van der Waals surface area contributed by atoms with Crippen molar-refractivity contribution in [2.24, 2.45) is 10.8 Å². The van der Waals surface area contributed by atoms with Gasteiger partial charge in [-0.25, -0.2) is 12.8 Å². The van der Waals surface area contributed by atoms with E-state index >= 15 is 0 Å². The number of nitrogens with zero attached hydrogens (tertiary/aromatic N) is 2. The fraction of sp³-hybridized carbons (Fsp3) is 0.333. The Labute approximate surface area is 245 Å². The molecule has 1 aromatic heterocycles. The van der Waals surface area contributed by atoms with Crippen molar-refractivity contribution in [2.75, 3.05) is 11.9 Å². The predicted molar refractivity (Wildman–Crippen MR) is 160 cm³/mol. The van der Waals surface area contributed by atoms with Crippen LogP contribution in [-0.4, -0.2) is 41.6 Å². The number of rotatable bonds is 7. The summed E-state index contributed by atoms with van der Waals surface area (Å²) in [5, 5.41) is 3.24. The van der Waals surface area contributed by atoms with Crippen LogP contribution in [0.1, 0.15) is 56.0 Å². The summed E-state index contributed by atoms with van der Waals surface area (Å²) in [7, 11) is -3.80. The van der Waals surface area contributed by atoms with Gasteiger partial charge < -0.3 is 9.88 Å². The molecule has 1 N–H and O–H groups in total. The van der Waals surface area contributed by atoms with E-state index in [1.54, 1.807) is 46.9 Å². The monoisotopic (exact) mass is 587 g/mol. The van der Waals surface area contributed by atoms with Crippen molar-refractivity contribution in [1.29, 1.82) is 0 Å². The van der Waals surface area contributed by atoms with Crippen molar-refractivity contribution in [3.05, 3.63) is 95.9 Å². The third-order valence-electron chi connectivity index (χ3n) is 8.57. The Morgan fingerprint density at radius 1 is 0.976 bits per heavy atom. The Balaban J connectivity index is 1.23. The van der Waals surface area contributed by atoms with Crippen molar-refractivity contribution in [2.45, 2.75) is 57.5 Å². The molecule has 9 heteroatoms. The number of benzene rings is 3. The number of hydrogen-bond donors (Lipinski definition) is 1. The number of ketones is 1. The molecule has 2 heterocycles. The summed E-state index contributed by atoms with van der Waals surface area (Å²) in [6.45, 7) is 7.42. The van der Waals surface area contributed by atoms with Gasteiger partial charge in [0.2, 0.25) is 10.0 Å². The van der Waals surface area contributed by atoms with Gasteiger partial charge in [0.15, 0.2) is 0 Å². The van der Waals surface area contributed by atoms with Gasteiger partial charge in [0.25, 0.3) is 11.7 Å². The summed E-state index contributed by atoms with van der Waals surface area (Å²) < 4.78 is 44.4. The normalized spacial score (nSPS) is 21.9. The highest BCUT2D eigenvalue weighted by Gasteiger charge is 2.53. The topological polar surface area (TPSA) is 88.5 Å². The molecule has 1 amide bonds. The van der Waals surface area contributed by atoms with E-state index < -0.39 is 21.7 Å². The second-order valence-electron chi connectivity index (χ2n) is 12.9. The van der Waals surface area contributed by atoms with Crippen LogP contribution in [0.25, 0.3) is 10.9 Å². The summed E-state index contributed by atoms with van der Waals surface area (Å²) in [6, 6.07) is 19.4. The Kier molecular flexibility index (Phi) is 6.85. The van der Waals surface area contributed by atoms with Crippen LogP contribution in [-0.2, 0) is 21.4 Å². The minimum absolute atomic E-state index is 0.0594. The molecule has 6 rings (SSSR count). The second-order valence-corrected chi connectivity index (χ2v) is 14.8. The summed E-state index contributed by atoms with van der Waals surface area (Å²) >= 11 is 0. The first-order valence-corrected chi connectivity index (χ1v) is 15.6. The minimum atomic E-state index is -3.80. The highest BCUT2D eigenvalue weighted by molar-refractivity contribution is 7.89. The molecule has 3 aromatic carbocycles. The number of anilines is 1. The molecule has 7 nitrogen and oxygen atoms in total. The molecule has 0 spiro atoms. The van der Waals surface area contributed by atoms with Crippen LogP contribution >= 0.6 is 0 Å². The average molecular weight is 588 g/mol. The van der Waals surface area contributed by atoms with Crippen molar-refractivity contribution in [3.63, 3.8) is 0 Å². The fourth-order valence-corrected chi connectivity index (χ4v) is 9.03.